The molecule has 1 heterocycles. The van der Waals surface area contributed by atoms with E-state index in [9.17, 15) is 0 Å². The molecule has 0 N–H and O–H groups in total. The summed E-state index contributed by atoms with van der Waals surface area (Å²) in [5, 5.41) is 7.83. The van der Waals surface area contributed by atoms with Crippen LogP contribution in [0.4, 0.5) is 0 Å². The van der Waals surface area contributed by atoms with E-state index < -0.39 is 0 Å². The quantitative estimate of drug-likeness (QED) is 0.760. The summed E-state index contributed by atoms with van der Waals surface area (Å²) in [6.07, 6.45) is 0. The smallest absolute Gasteiger partial charge is 0.200 e. The van der Waals surface area contributed by atoms with Gasteiger partial charge in [0, 0.05) is 6.54 Å². The summed E-state index contributed by atoms with van der Waals surface area (Å²) in [6.45, 7) is 7.28. The first-order chi connectivity index (χ1) is 5.11. The Morgan fingerprint density at radius 3 is 2.45 bits per heavy atom. The largest absolute Gasteiger partial charge is 0.306 e. The lowest BCUT2D eigenvalue weighted by atomic mass is 10.2. The van der Waals surface area contributed by atoms with Crippen molar-refractivity contribution in [3.05, 3.63) is 10.6 Å². The van der Waals surface area contributed by atoms with Gasteiger partial charge in [0.05, 0.1) is 0 Å². The van der Waals surface area contributed by atoms with Gasteiger partial charge in [-0.25, -0.2) is 0 Å². The minimum Gasteiger partial charge on any atom is -0.306 e. The van der Waals surface area contributed by atoms with Gasteiger partial charge in [-0.2, -0.15) is 0 Å². The molecule has 0 saturated carbocycles. The fourth-order valence-corrected chi connectivity index (χ4v) is 1.41. The second-order valence-electron chi connectivity index (χ2n) is 3.02. The number of rotatable bonds is 2. The number of halogens is 1. The summed E-state index contributed by atoms with van der Waals surface area (Å²) in [5.74, 6) is 1.59. The molecule has 62 valence electrons. The molecule has 11 heavy (non-hydrogen) atoms. The Labute approximate surface area is 75.0 Å². The van der Waals surface area contributed by atoms with Crippen LogP contribution in [0.1, 0.15) is 19.7 Å². The summed E-state index contributed by atoms with van der Waals surface area (Å²) < 4.78 is 2.88. The molecule has 0 spiro atoms. The maximum Gasteiger partial charge on any atom is 0.200 e. The molecule has 4 heteroatoms. The standard InChI is InChI=1S/C7H12BrN3/c1-5(2)4-11-6(3)9-10-7(11)8/h5H,4H2,1-3H3. The number of nitrogens with zero attached hydrogens (tertiary/aromatic N) is 3. The predicted molar refractivity (Wildman–Crippen MR) is 47.3 cm³/mol. The van der Waals surface area contributed by atoms with Gasteiger partial charge in [0.1, 0.15) is 5.82 Å². The highest BCUT2D eigenvalue weighted by Gasteiger charge is 2.05. The van der Waals surface area contributed by atoms with E-state index in [0.29, 0.717) is 5.92 Å². The second kappa shape index (κ2) is 3.34. The Bertz CT molecular complexity index is 222. The van der Waals surface area contributed by atoms with Crippen LogP contribution in [0.3, 0.4) is 0 Å². The highest BCUT2D eigenvalue weighted by Crippen LogP contribution is 2.10. The van der Waals surface area contributed by atoms with Crippen LogP contribution in [-0.2, 0) is 6.54 Å². The zero-order valence-corrected chi connectivity index (χ0v) is 8.59. The van der Waals surface area contributed by atoms with Gasteiger partial charge in [-0.05, 0) is 28.8 Å². The number of aryl methyl sites for hydroxylation is 1. The molecular formula is C7H12BrN3. The molecule has 1 aromatic rings. The van der Waals surface area contributed by atoms with Crippen molar-refractivity contribution in [2.24, 2.45) is 5.92 Å². The summed E-state index contributed by atoms with van der Waals surface area (Å²) >= 11 is 3.33. The van der Waals surface area contributed by atoms with E-state index in [1.165, 1.54) is 0 Å². The third-order valence-electron chi connectivity index (χ3n) is 1.44. The van der Waals surface area contributed by atoms with Crippen molar-refractivity contribution in [1.82, 2.24) is 14.8 Å². The molecule has 3 nitrogen and oxygen atoms in total. The van der Waals surface area contributed by atoms with Crippen LogP contribution in [0.15, 0.2) is 4.73 Å². The van der Waals surface area contributed by atoms with Crippen molar-refractivity contribution >= 4 is 15.9 Å². The van der Waals surface area contributed by atoms with Crippen molar-refractivity contribution < 1.29 is 0 Å². The van der Waals surface area contributed by atoms with Crippen molar-refractivity contribution in [2.45, 2.75) is 27.3 Å². The minimum absolute atomic E-state index is 0.626. The van der Waals surface area contributed by atoms with Gasteiger partial charge in [0.25, 0.3) is 0 Å². The van der Waals surface area contributed by atoms with Gasteiger partial charge >= 0.3 is 0 Å². The molecule has 0 aromatic carbocycles. The van der Waals surface area contributed by atoms with Crippen LogP contribution in [-0.4, -0.2) is 14.8 Å². The molecule has 0 aliphatic rings. The zero-order chi connectivity index (χ0) is 8.43. The topological polar surface area (TPSA) is 30.7 Å². The Balaban J connectivity index is 2.83. The Morgan fingerprint density at radius 1 is 1.45 bits per heavy atom. The number of aromatic nitrogens is 3. The van der Waals surface area contributed by atoms with Crippen LogP contribution >= 0.6 is 15.9 Å². The summed E-state index contributed by atoms with van der Waals surface area (Å²) in [5.41, 5.74) is 0. The Morgan fingerprint density at radius 2 is 2.09 bits per heavy atom. The van der Waals surface area contributed by atoms with Crippen LogP contribution in [0.25, 0.3) is 0 Å². The van der Waals surface area contributed by atoms with Crippen molar-refractivity contribution in [3.63, 3.8) is 0 Å². The molecule has 0 atom stereocenters. The van der Waals surface area contributed by atoms with Gasteiger partial charge in [0.15, 0.2) is 4.73 Å². The molecule has 0 unspecified atom stereocenters. The van der Waals surface area contributed by atoms with E-state index in [-0.39, 0.29) is 0 Å². The maximum absolute atomic E-state index is 3.94. The van der Waals surface area contributed by atoms with Crippen molar-refractivity contribution in [2.75, 3.05) is 0 Å². The second-order valence-corrected chi connectivity index (χ2v) is 3.73. The van der Waals surface area contributed by atoms with Gasteiger partial charge in [-0.1, -0.05) is 13.8 Å². The maximum atomic E-state index is 3.94. The molecule has 1 aromatic heterocycles. The minimum atomic E-state index is 0.626. The first-order valence-corrected chi connectivity index (χ1v) is 4.46. The van der Waals surface area contributed by atoms with E-state index >= 15 is 0 Å². The molecule has 0 fully saturated rings. The molecule has 0 aliphatic carbocycles. The van der Waals surface area contributed by atoms with Gasteiger partial charge in [0.2, 0.25) is 0 Å². The van der Waals surface area contributed by atoms with E-state index in [1.807, 2.05) is 6.92 Å². The van der Waals surface area contributed by atoms with Crippen LogP contribution < -0.4 is 0 Å². The lowest BCUT2D eigenvalue weighted by Gasteiger charge is -2.07. The summed E-state index contributed by atoms with van der Waals surface area (Å²) in [7, 11) is 0. The van der Waals surface area contributed by atoms with Gasteiger partial charge in [-0.15, -0.1) is 10.2 Å². The van der Waals surface area contributed by atoms with E-state index in [0.717, 1.165) is 17.1 Å². The van der Waals surface area contributed by atoms with E-state index in [4.69, 9.17) is 0 Å². The van der Waals surface area contributed by atoms with Crippen molar-refractivity contribution in [3.8, 4) is 0 Å². The number of hydrogen-bond acceptors (Lipinski definition) is 2. The molecule has 0 amide bonds. The highest BCUT2D eigenvalue weighted by molar-refractivity contribution is 9.10. The van der Waals surface area contributed by atoms with Crippen LogP contribution in [0.2, 0.25) is 0 Å². The normalized spacial score (nSPS) is 11.0. The molecule has 0 bridgehead atoms. The SMILES string of the molecule is Cc1nnc(Br)n1CC(C)C. The lowest BCUT2D eigenvalue weighted by molar-refractivity contribution is 0.506. The molecule has 0 radical (unpaired) electrons. The number of hydrogen-bond donors (Lipinski definition) is 0. The van der Waals surface area contributed by atoms with E-state index in [1.54, 1.807) is 0 Å². The summed E-state index contributed by atoms with van der Waals surface area (Å²) in [6, 6.07) is 0. The van der Waals surface area contributed by atoms with Crippen LogP contribution in [0.5, 0.6) is 0 Å². The molecule has 0 aliphatic heterocycles. The average molecular weight is 218 g/mol. The molecule has 1 rings (SSSR count). The van der Waals surface area contributed by atoms with Crippen LogP contribution in [0, 0.1) is 12.8 Å². The Kier molecular flexibility index (Phi) is 2.65. The van der Waals surface area contributed by atoms with E-state index in [2.05, 4.69) is 44.5 Å². The fourth-order valence-electron chi connectivity index (χ4n) is 0.928. The first-order valence-electron chi connectivity index (χ1n) is 3.66. The summed E-state index contributed by atoms with van der Waals surface area (Å²) in [4.78, 5) is 0. The monoisotopic (exact) mass is 217 g/mol. The van der Waals surface area contributed by atoms with Crippen molar-refractivity contribution in [1.29, 1.82) is 0 Å². The zero-order valence-electron chi connectivity index (χ0n) is 7.00. The molecule has 0 saturated heterocycles. The fraction of sp³-hybridized carbons (Fsp3) is 0.714. The third kappa shape index (κ3) is 2.02. The third-order valence-corrected chi connectivity index (χ3v) is 2.03. The van der Waals surface area contributed by atoms with Gasteiger partial charge in [-0.3, -0.25) is 0 Å². The predicted octanol–water partition coefficient (Wildman–Crippen LogP) is 2.01. The first kappa shape index (κ1) is 8.71. The highest BCUT2D eigenvalue weighted by atomic mass is 79.9. The lowest BCUT2D eigenvalue weighted by Crippen LogP contribution is -2.06. The molecular weight excluding hydrogens is 206 g/mol. The Hall–Kier alpha value is -0.380. The average Bonchev–Trinajstić information content (AvgIpc) is 2.18. The van der Waals surface area contributed by atoms with Gasteiger partial charge < -0.3 is 4.57 Å².